The van der Waals surface area contributed by atoms with Gasteiger partial charge in [-0.2, -0.15) is 0 Å². The summed E-state index contributed by atoms with van der Waals surface area (Å²) in [5, 5.41) is 6.53. The zero-order valence-electron chi connectivity index (χ0n) is 29.6. The third kappa shape index (κ3) is 13.5. The molecule has 0 bridgehead atoms. The molecule has 0 atom stereocenters. The Hall–Kier alpha value is -3.63. The predicted molar refractivity (Wildman–Crippen MR) is 192 cm³/mol. The summed E-state index contributed by atoms with van der Waals surface area (Å²) in [5.41, 5.74) is 2.04. The van der Waals surface area contributed by atoms with Crippen LogP contribution in [-0.4, -0.2) is 168 Å². The number of nitrogens with zero attached hydrogens (tertiary/aromatic N) is 4. The van der Waals surface area contributed by atoms with Gasteiger partial charge in [-0.1, -0.05) is 60.7 Å². The highest BCUT2D eigenvalue weighted by molar-refractivity contribution is 5.84. The first-order valence-corrected chi connectivity index (χ1v) is 18.1. The molecule has 6 aliphatic heterocycles. The molecule has 2 aromatic rings. The first-order valence-electron chi connectivity index (χ1n) is 18.1. The van der Waals surface area contributed by atoms with Gasteiger partial charge in [-0.05, 0) is 11.1 Å². The summed E-state index contributed by atoms with van der Waals surface area (Å²) in [6.07, 6.45) is -0.427. The van der Waals surface area contributed by atoms with Gasteiger partial charge in [0.2, 0.25) is 0 Å². The van der Waals surface area contributed by atoms with Crippen molar-refractivity contribution in [2.75, 3.05) is 118 Å². The minimum Gasteiger partial charge on any atom is -0.445 e. The largest absolute Gasteiger partial charge is 0.445 e. The van der Waals surface area contributed by atoms with E-state index in [1.807, 2.05) is 60.7 Å². The van der Waals surface area contributed by atoms with Gasteiger partial charge in [0.15, 0.2) is 5.78 Å². The van der Waals surface area contributed by atoms with E-state index in [-0.39, 0.29) is 19.4 Å². The van der Waals surface area contributed by atoms with Crippen molar-refractivity contribution >= 4 is 18.0 Å². The molecular weight excluding hydrogens is 656 g/mol. The van der Waals surface area contributed by atoms with E-state index in [4.69, 9.17) is 18.9 Å². The molecular formula is C37H56N6O8. The van der Waals surface area contributed by atoms with Gasteiger partial charge >= 0.3 is 12.2 Å². The molecule has 0 saturated carbocycles. The lowest BCUT2D eigenvalue weighted by molar-refractivity contribution is -0.140. The summed E-state index contributed by atoms with van der Waals surface area (Å²) >= 11 is 0. The number of rotatable bonds is 6. The number of benzene rings is 2. The monoisotopic (exact) mass is 712 g/mol. The van der Waals surface area contributed by atoms with Gasteiger partial charge in [-0.15, -0.1) is 0 Å². The smallest absolute Gasteiger partial charge is 0.410 e. The van der Waals surface area contributed by atoms with Crippen LogP contribution in [0.1, 0.15) is 12.6 Å². The average molecular weight is 713 g/mol. The van der Waals surface area contributed by atoms with Crippen LogP contribution in [0.2, 0.25) is 0 Å². The number of ketones is 1. The highest BCUT2D eigenvalue weighted by Crippen LogP contribution is 2.14. The molecule has 2 amide bonds. The van der Waals surface area contributed by atoms with Gasteiger partial charge in [0.05, 0.1) is 38.5 Å². The van der Waals surface area contributed by atoms with Crippen LogP contribution in [-0.2, 0) is 41.7 Å². The van der Waals surface area contributed by atoms with Gasteiger partial charge in [0.25, 0.3) is 0 Å². The van der Waals surface area contributed by atoms with E-state index in [0.717, 1.165) is 109 Å². The van der Waals surface area contributed by atoms with Crippen LogP contribution in [0.15, 0.2) is 60.7 Å². The third-order valence-corrected chi connectivity index (χ3v) is 9.31. The number of amides is 2. The van der Waals surface area contributed by atoms with Crippen LogP contribution in [0.3, 0.4) is 0 Å². The topological polar surface area (TPSA) is 134 Å². The molecule has 0 spiro atoms. The van der Waals surface area contributed by atoms with Gasteiger partial charge in [-0.25, -0.2) is 9.59 Å². The number of Topliss-reactive ketones (excluding diaryl/α,β-unsaturated/α-hetero) is 1. The Kier molecular flexibility index (Phi) is 16.4. The molecule has 6 aliphatic rings. The number of hydrogen-bond acceptors (Lipinski definition) is 12. The van der Waals surface area contributed by atoms with Gasteiger partial charge in [0, 0.05) is 80.0 Å². The van der Waals surface area contributed by atoms with Crippen molar-refractivity contribution in [3.05, 3.63) is 71.8 Å². The van der Waals surface area contributed by atoms with Crippen LogP contribution in [0.5, 0.6) is 0 Å². The van der Waals surface area contributed by atoms with E-state index in [2.05, 4.69) is 25.2 Å². The maximum Gasteiger partial charge on any atom is 0.410 e. The molecule has 14 nitrogen and oxygen atoms in total. The standard InChI is InChI=1S/C15H20N2O3.C12H16N2O2.C7H14N2O.C3H4O2.H2/c18-15(20-10-13-4-2-1-3-5-13)17-8-6-16(7-9-17)14-11-19-12-14;15-12(14-8-6-13-7-9-14)16-10-11-4-2-1-3-5-11;1-3-9(4-2-8-1)7-5-10-6-7;4-3-1-5-2-3;/h1-5,14H,6-12H2;1-5,13H,6-10H2;7-8H,1-6H2;1-2H2;1H. The maximum atomic E-state index is 12.0. The van der Waals surface area contributed by atoms with Crippen LogP contribution >= 0.6 is 0 Å². The van der Waals surface area contributed by atoms with E-state index in [1.165, 1.54) is 13.1 Å². The summed E-state index contributed by atoms with van der Waals surface area (Å²) in [6, 6.07) is 20.8. The fourth-order valence-corrected chi connectivity index (χ4v) is 5.84. The molecule has 51 heavy (non-hydrogen) atoms. The summed E-state index contributed by atoms with van der Waals surface area (Å²) < 4.78 is 25.4. The molecule has 0 aliphatic carbocycles. The summed E-state index contributed by atoms with van der Waals surface area (Å²) in [7, 11) is 0. The molecule has 282 valence electrons. The van der Waals surface area contributed by atoms with Crippen LogP contribution in [0, 0.1) is 0 Å². The Morgan fingerprint density at radius 3 is 1.35 bits per heavy atom. The maximum absolute atomic E-state index is 12.0. The second kappa shape index (κ2) is 21.7. The fraction of sp³-hybridized carbons (Fsp3) is 0.595. The van der Waals surface area contributed by atoms with Crippen molar-refractivity contribution in [3.8, 4) is 0 Å². The normalized spacial score (nSPS) is 21.1. The fourth-order valence-electron chi connectivity index (χ4n) is 5.84. The predicted octanol–water partition coefficient (Wildman–Crippen LogP) is 1.69. The number of carbonyl (C=O) groups is 3. The number of nitrogens with one attached hydrogen (secondary N) is 2. The third-order valence-electron chi connectivity index (χ3n) is 9.31. The highest BCUT2D eigenvalue weighted by Gasteiger charge is 2.30. The van der Waals surface area contributed by atoms with Crippen molar-refractivity contribution in [1.82, 2.24) is 30.2 Å². The Morgan fingerprint density at radius 1 is 0.588 bits per heavy atom. The van der Waals surface area contributed by atoms with Crippen molar-refractivity contribution < 1.29 is 39.5 Å². The van der Waals surface area contributed by atoms with E-state index in [1.54, 1.807) is 9.80 Å². The number of ether oxygens (including phenoxy) is 5. The number of carbonyl (C=O) groups excluding carboxylic acids is 3. The molecule has 8 rings (SSSR count). The van der Waals surface area contributed by atoms with Crippen molar-refractivity contribution in [2.45, 2.75) is 25.3 Å². The quantitative estimate of drug-likeness (QED) is 0.452. The summed E-state index contributed by atoms with van der Waals surface area (Å²) in [6.45, 7) is 16.1. The first kappa shape index (κ1) is 38.6. The van der Waals surface area contributed by atoms with Crippen molar-refractivity contribution in [1.29, 1.82) is 0 Å². The zero-order valence-corrected chi connectivity index (χ0v) is 29.6. The minimum absolute atomic E-state index is 0. The van der Waals surface area contributed by atoms with E-state index < -0.39 is 0 Å². The lowest BCUT2D eigenvalue weighted by Crippen LogP contribution is -2.57. The van der Waals surface area contributed by atoms with Crippen LogP contribution in [0.25, 0.3) is 0 Å². The van der Waals surface area contributed by atoms with E-state index in [9.17, 15) is 14.4 Å². The molecule has 2 N–H and O–H groups in total. The van der Waals surface area contributed by atoms with E-state index in [0.29, 0.717) is 32.5 Å². The lowest BCUT2D eigenvalue weighted by atomic mass is 10.2. The molecule has 2 aromatic carbocycles. The lowest BCUT2D eigenvalue weighted by Gasteiger charge is -2.42. The molecule has 6 saturated heterocycles. The van der Waals surface area contributed by atoms with Gasteiger partial charge < -0.3 is 44.1 Å². The van der Waals surface area contributed by atoms with Gasteiger partial charge in [-0.3, -0.25) is 14.6 Å². The molecule has 6 fully saturated rings. The average Bonchev–Trinajstić information content (AvgIpc) is 3.13. The zero-order chi connectivity index (χ0) is 35.5. The van der Waals surface area contributed by atoms with Crippen LogP contribution in [0.4, 0.5) is 9.59 Å². The van der Waals surface area contributed by atoms with Crippen molar-refractivity contribution in [3.63, 3.8) is 0 Å². The van der Waals surface area contributed by atoms with E-state index >= 15 is 0 Å². The summed E-state index contributed by atoms with van der Waals surface area (Å²) in [5.74, 6) is 0.213. The second-order valence-corrected chi connectivity index (χ2v) is 13.0. The highest BCUT2D eigenvalue weighted by atomic mass is 16.6. The Balaban J connectivity index is 0.000000168. The Bertz CT molecular complexity index is 1300. The first-order chi connectivity index (χ1) is 25.0. The molecule has 0 unspecified atom stereocenters. The van der Waals surface area contributed by atoms with Gasteiger partial charge in [0.1, 0.15) is 26.4 Å². The second-order valence-electron chi connectivity index (χ2n) is 13.0. The molecule has 0 aromatic heterocycles. The molecule has 6 heterocycles. The van der Waals surface area contributed by atoms with Crippen LogP contribution < -0.4 is 10.6 Å². The Labute approximate surface area is 302 Å². The summed E-state index contributed by atoms with van der Waals surface area (Å²) in [4.78, 5) is 41.8. The number of piperazine rings is 3. The van der Waals surface area contributed by atoms with Crippen molar-refractivity contribution in [2.24, 2.45) is 0 Å². The molecule has 14 heteroatoms. The minimum atomic E-state index is -0.217. The SMILES string of the molecule is C1CN(C2COC2)CCN1.O=C(OCc1ccccc1)N1CCN(C2COC2)CC1.O=C(OCc1ccccc1)N1CCNCC1.O=C1COC1.[HH]. The number of hydrogen-bond donors (Lipinski definition) is 2. The molecule has 0 radical (unpaired) electrons. The Morgan fingerprint density at radius 2 is 0.980 bits per heavy atom.